The second-order valence-corrected chi connectivity index (χ2v) is 7.59. The Morgan fingerprint density at radius 3 is 3.06 bits per heavy atom. The van der Waals surface area contributed by atoms with Crippen molar-refractivity contribution in [1.82, 2.24) is 15.2 Å². The molecule has 6 heteroatoms. The summed E-state index contributed by atoms with van der Waals surface area (Å²) in [6.07, 6.45) is 4.08. The van der Waals surface area contributed by atoms with Gasteiger partial charge < -0.3 is 5.32 Å². The molecule has 0 aliphatic carbocycles. The number of nitrogens with zero attached hydrogens (tertiary/aromatic N) is 2. The van der Waals surface area contributed by atoms with E-state index in [0.717, 1.165) is 10.3 Å². The van der Waals surface area contributed by atoms with Crippen LogP contribution in [0.3, 0.4) is 0 Å². The molecule has 2 bridgehead atoms. The van der Waals surface area contributed by atoms with Gasteiger partial charge in [0.05, 0.1) is 9.98 Å². The summed E-state index contributed by atoms with van der Waals surface area (Å²) in [6, 6.07) is 0.969. The zero-order valence-corrected chi connectivity index (χ0v) is 12.6. The molecule has 3 saturated heterocycles. The molecule has 3 aliphatic heterocycles. The Balaban J connectivity index is 1.65. The Bertz CT molecular complexity index is 464. The maximum atomic E-state index is 12.1. The van der Waals surface area contributed by atoms with E-state index < -0.39 is 0 Å². The maximum absolute atomic E-state index is 12.1. The van der Waals surface area contributed by atoms with Gasteiger partial charge in [0.25, 0.3) is 5.91 Å². The number of hydrogen-bond donors (Lipinski definition) is 1. The van der Waals surface area contributed by atoms with E-state index in [1.165, 1.54) is 30.7 Å². The van der Waals surface area contributed by atoms with Gasteiger partial charge in [-0.15, -0.1) is 11.3 Å². The Kier molecular flexibility index (Phi) is 3.42. The van der Waals surface area contributed by atoms with Gasteiger partial charge in [-0.1, -0.05) is 0 Å². The summed E-state index contributed by atoms with van der Waals surface area (Å²) in [5, 5.41) is 3.69. The predicted octanol–water partition coefficient (Wildman–Crippen LogP) is 2.12. The average Bonchev–Trinajstić information content (AvgIpc) is 2.77. The molecule has 1 aromatic rings. The molecule has 18 heavy (non-hydrogen) atoms. The number of nitrogens with one attached hydrogen (secondary N) is 1. The van der Waals surface area contributed by atoms with Crippen molar-refractivity contribution in [3.63, 3.8) is 0 Å². The molecule has 1 N–H and O–H groups in total. The fourth-order valence-electron chi connectivity index (χ4n) is 3.05. The van der Waals surface area contributed by atoms with Crippen molar-refractivity contribution in [1.29, 1.82) is 0 Å². The second-order valence-electron chi connectivity index (χ2n) is 5.18. The van der Waals surface area contributed by atoms with Crippen LogP contribution in [-0.4, -0.2) is 41.0 Å². The summed E-state index contributed by atoms with van der Waals surface area (Å²) in [5.41, 5.74) is 0. The summed E-state index contributed by atoms with van der Waals surface area (Å²) in [6.45, 7) is 4.45. The first-order chi connectivity index (χ1) is 8.63. The summed E-state index contributed by atoms with van der Waals surface area (Å²) < 4.78 is 0.898. The van der Waals surface area contributed by atoms with Crippen LogP contribution in [-0.2, 0) is 0 Å². The minimum atomic E-state index is -0.0305. The summed E-state index contributed by atoms with van der Waals surface area (Å²) in [4.78, 5) is 18.7. The van der Waals surface area contributed by atoms with E-state index in [4.69, 9.17) is 0 Å². The zero-order valence-electron chi connectivity index (χ0n) is 10.2. The van der Waals surface area contributed by atoms with Crippen LogP contribution >= 0.6 is 27.3 Å². The van der Waals surface area contributed by atoms with Gasteiger partial charge in [0.15, 0.2) is 5.01 Å². The highest BCUT2D eigenvalue weighted by atomic mass is 79.9. The third-order valence-corrected chi connectivity index (χ3v) is 5.52. The van der Waals surface area contributed by atoms with Crippen LogP contribution in [0, 0.1) is 5.92 Å². The van der Waals surface area contributed by atoms with Crippen LogP contribution < -0.4 is 5.32 Å². The Hall–Kier alpha value is -0.460. The predicted molar refractivity (Wildman–Crippen MR) is 74.8 cm³/mol. The number of fused-ring (bicyclic) bond motifs is 3. The highest BCUT2D eigenvalue weighted by Crippen LogP contribution is 2.32. The quantitative estimate of drug-likeness (QED) is 0.903. The van der Waals surface area contributed by atoms with Gasteiger partial charge in [0.1, 0.15) is 0 Å². The van der Waals surface area contributed by atoms with Crippen LogP contribution in [0.2, 0.25) is 0 Å². The molecule has 3 aliphatic rings. The molecule has 0 spiro atoms. The second kappa shape index (κ2) is 4.90. The van der Waals surface area contributed by atoms with E-state index in [0.29, 0.717) is 23.0 Å². The smallest absolute Gasteiger partial charge is 0.280 e. The number of rotatable bonds is 2. The molecule has 1 unspecified atom stereocenters. The average molecular weight is 330 g/mol. The van der Waals surface area contributed by atoms with Crippen molar-refractivity contribution in [2.45, 2.75) is 31.8 Å². The lowest BCUT2D eigenvalue weighted by molar-refractivity contribution is 0.0274. The third kappa shape index (κ3) is 2.33. The van der Waals surface area contributed by atoms with E-state index in [9.17, 15) is 4.79 Å². The van der Waals surface area contributed by atoms with E-state index in [1.807, 2.05) is 0 Å². The van der Waals surface area contributed by atoms with Gasteiger partial charge in [-0.25, -0.2) is 4.98 Å². The number of aromatic nitrogens is 1. The topological polar surface area (TPSA) is 45.2 Å². The van der Waals surface area contributed by atoms with Crippen LogP contribution in [0.25, 0.3) is 0 Å². The molecule has 1 amide bonds. The maximum Gasteiger partial charge on any atom is 0.280 e. The lowest BCUT2D eigenvalue weighted by atomic mass is 9.80. The number of hydrogen-bond acceptors (Lipinski definition) is 4. The van der Waals surface area contributed by atoms with Crippen molar-refractivity contribution in [2.75, 3.05) is 13.1 Å². The lowest BCUT2D eigenvalue weighted by Crippen LogP contribution is -2.60. The standard InChI is InChI=1S/C12H16BrN3OS/c1-7-4-8-2-3-16(7)6-9(8)15-11(17)12-14-5-10(13)18-12/h5,7-9H,2-4,6H2,1H3,(H,15,17)/t7-,8-,9-/m0/s1. The fraction of sp³-hybridized carbons (Fsp3) is 0.667. The normalized spacial score (nSPS) is 34.6. The molecule has 1 aromatic heterocycles. The Morgan fingerprint density at radius 1 is 1.67 bits per heavy atom. The SMILES string of the molecule is C[C@H]1C[C@@H]2CCN1C[C@@H]2NC(=O)c1ncc(Br)s1. The minimum absolute atomic E-state index is 0.0305. The molecule has 4 nitrogen and oxygen atoms in total. The third-order valence-electron chi connectivity index (χ3n) is 4.04. The Morgan fingerprint density at radius 2 is 2.50 bits per heavy atom. The van der Waals surface area contributed by atoms with E-state index in [1.54, 1.807) is 6.20 Å². The van der Waals surface area contributed by atoms with E-state index in [-0.39, 0.29) is 5.91 Å². The molecular weight excluding hydrogens is 314 g/mol. The number of thiazole rings is 1. The number of carbonyl (C=O) groups is 1. The van der Waals surface area contributed by atoms with Crippen molar-refractivity contribution >= 4 is 33.2 Å². The van der Waals surface area contributed by atoms with Crippen LogP contribution in [0.15, 0.2) is 9.98 Å². The van der Waals surface area contributed by atoms with Crippen molar-refractivity contribution in [3.05, 3.63) is 15.0 Å². The number of halogens is 1. The number of piperidine rings is 3. The lowest BCUT2D eigenvalue weighted by Gasteiger charge is -2.48. The highest BCUT2D eigenvalue weighted by Gasteiger charge is 2.38. The van der Waals surface area contributed by atoms with Crippen molar-refractivity contribution < 1.29 is 4.79 Å². The molecule has 3 fully saturated rings. The van der Waals surface area contributed by atoms with Crippen molar-refractivity contribution in [2.24, 2.45) is 5.92 Å². The first-order valence-electron chi connectivity index (χ1n) is 6.29. The largest absolute Gasteiger partial charge is 0.346 e. The molecular formula is C12H16BrN3OS. The molecule has 0 aromatic carbocycles. The van der Waals surface area contributed by atoms with Gasteiger partial charge >= 0.3 is 0 Å². The molecule has 0 saturated carbocycles. The number of amides is 1. The fourth-order valence-corrected chi connectivity index (χ4v) is 4.16. The molecule has 98 valence electrons. The van der Waals surface area contributed by atoms with Crippen LogP contribution in [0.1, 0.15) is 29.6 Å². The van der Waals surface area contributed by atoms with Gasteiger partial charge in [0, 0.05) is 18.6 Å². The molecule has 4 rings (SSSR count). The van der Waals surface area contributed by atoms with Crippen molar-refractivity contribution in [3.8, 4) is 0 Å². The monoisotopic (exact) mass is 329 g/mol. The van der Waals surface area contributed by atoms with Gasteiger partial charge in [-0.2, -0.15) is 0 Å². The van der Waals surface area contributed by atoms with E-state index in [2.05, 4.69) is 38.1 Å². The molecule has 0 radical (unpaired) electrons. The summed E-state index contributed by atoms with van der Waals surface area (Å²) in [7, 11) is 0. The summed E-state index contributed by atoms with van der Waals surface area (Å²) >= 11 is 4.72. The first kappa shape index (κ1) is 12.6. The summed E-state index contributed by atoms with van der Waals surface area (Å²) in [5.74, 6) is 0.606. The van der Waals surface area contributed by atoms with Crippen LogP contribution in [0.4, 0.5) is 0 Å². The van der Waals surface area contributed by atoms with Crippen LogP contribution in [0.5, 0.6) is 0 Å². The zero-order chi connectivity index (χ0) is 12.7. The first-order valence-corrected chi connectivity index (χ1v) is 7.90. The van der Waals surface area contributed by atoms with Gasteiger partial charge in [0.2, 0.25) is 0 Å². The molecule has 4 heterocycles. The highest BCUT2D eigenvalue weighted by molar-refractivity contribution is 9.11. The molecule has 4 atom stereocenters. The Labute approximate surface area is 119 Å². The minimum Gasteiger partial charge on any atom is -0.346 e. The van der Waals surface area contributed by atoms with Gasteiger partial charge in [-0.3, -0.25) is 9.69 Å². The van der Waals surface area contributed by atoms with E-state index >= 15 is 0 Å². The number of carbonyl (C=O) groups excluding carboxylic acids is 1. The van der Waals surface area contributed by atoms with Gasteiger partial charge in [-0.05, 0) is 48.2 Å².